The zero-order chi connectivity index (χ0) is 10.2. The van der Waals surface area contributed by atoms with Crippen molar-refractivity contribution in [2.45, 2.75) is 45.3 Å². The third-order valence-corrected chi connectivity index (χ3v) is 2.53. The molecule has 1 saturated heterocycles. The summed E-state index contributed by atoms with van der Waals surface area (Å²) >= 11 is 0. The number of piperidine rings is 1. The average Bonchev–Trinajstić information content (AvgIpc) is 2.18. The summed E-state index contributed by atoms with van der Waals surface area (Å²) in [6.45, 7) is 8.21. The predicted molar refractivity (Wildman–Crippen MR) is 59.6 cm³/mol. The molecule has 0 spiro atoms. The zero-order valence-corrected chi connectivity index (χ0v) is 9.51. The highest BCUT2D eigenvalue weighted by atomic mass is 16.5. The van der Waals surface area contributed by atoms with E-state index in [1.54, 1.807) is 0 Å². The summed E-state index contributed by atoms with van der Waals surface area (Å²) in [6.07, 6.45) is 4.39. The van der Waals surface area contributed by atoms with Gasteiger partial charge in [0, 0.05) is 19.1 Å². The van der Waals surface area contributed by atoms with Gasteiger partial charge in [0.05, 0.1) is 12.7 Å². The lowest BCUT2D eigenvalue weighted by Gasteiger charge is -2.23. The van der Waals surface area contributed by atoms with Crippen LogP contribution in [0.2, 0.25) is 0 Å². The van der Waals surface area contributed by atoms with Crippen LogP contribution in [0.5, 0.6) is 0 Å². The van der Waals surface area contributed by atoms with Crippen molar-refractivity contribution in [3.05, 3.63) is 0 Å². The average molecular weight is 200 g/mol. The molecule has 1 rings (SSSR count). The van der Waals surface area contributed by atoms with Gasteiger partial charge in [0.2, 0.25) is 0 Å². The largest absolute Gasteiger partial charge is 0.377 e. The van der Waals surface area contributed by atoms with Crippen LogP contribution in [-0.2, 0) is 4.74 Å². The standard InChI is InChI=1S/C11H24N2O/c1-10(2)14-8-7-12-9-11-5-3-4-6-13-11/h10-13H,3-9H2,1-2H3. The first kappa shape index (κ1) is 12.0. The number of rotatable bonds is 6. The van der Waals surface area contributed by atoms with E-state index >= 15 is 0 Å². The van der Waals surface area contributed by atoms with Crippen LogP contribution < -0.4 is 10.6 Å². The molecule has 1 aliphatic heterocycles. The molecule has 1 heterocycles. The monoisotopic (exact) mass is 200 g/mol. The zero-order valence-electron chi connectivity index (χ0n) is 9.51. The van der Waals surface area contributed by atoms with Crippen molar-refractivity contribution in [2.24, 2.45) is 0 Å². The molecule has 0 radical (unpaired) electrons. The van der Waals surface area contributed by atoms with E-state index in [0.29, 0.717) is 12.1 Å². The molecule has 3 nitrogen and oxygen atoms in total. The minimum atomic E-state index is 0.351. The summed E-state index contributed by atoms with van der Waals surface area (Å²) in [5.41, 5.74) is 0. The van der Waals surface area contributed by atoms with E-state index in [-0.39, 0.29) is 0 Å². The van der Waals surface area contributed by atoms with Crippen molar-refractivity contribution in [1.82, 2.24) is 10.6 Å². The van der Waals surface area contributed by atoms with Gasteiger partial charge in [-0.1, -0.05) is 6.42 Å². The molecule has 0 amide bonds. The lowest BCUT2D eigenvalue weighted by molar-refractivity contribution is 0.0804. The van der Waals surface area contributed by atoms with Crippen molar-refractivity contribution in [3.8, 4) is 0 Å². The van der Waals surface area contributed by atoms with Crippen molar-refractivity contribution in [1.29, 1.82) is 0 Å². The maximum atomic E-state index is 5.45. The molecule has 3 heteroatoms. The van der Waals surface area contributed by atoms with Gasteiger partial charge < -0.3 is 15.4 Å². The molecule has 2 N–H and O–H groups in total. The summed E-state index contributed by atoms with van der Waals surface area (Å²) in [5.74, 6) is 0. The van der Waals surface area contributed by atoms with Gasteiger partial charge >= 0.3 is 0 Å². The molecular weight excluding hydrogens is 176 g/mol. The summed E-state index contributed by atoms with van der Waals surface area (Å²) in [4.78, 5) is 0. The van der Waals surface area contributed by atoms with Crippen LogP contribution >= 0.6 is 0 Å². The molecule has 0 saturated carbocycles. The molecule has 1 aliphatic rings. The molecule has 1 unspecified atom stereocenters. The highest BCUT2D eigenvalue weighted by Gasteiger charge is 2.10. The van der Waals surface area contributed by atoms with Gasteiger partial charge in [0.15, 0.2) is 0 Å². The molecule has 0 aromatic carbocycles. The minimum Gasteiger partial charge on any atom is -0.377 e. The predicted octanol–water partition coefficient (Wildman–Crippen LogP) is 1.14. The van der Waals surface area contributed by atoms with E-state index in [1.807, 2.05) is 0 Å². The first-order valence-electron chi connectivity index (χ1n) is 5.84. The fourth-order valence-electron chi connectivity index (χ4n) is 1.74. The Bertz CT molecular complexity index is 133. The molecule has 1 fully saturated rings. The molecular formula is C11H24N2O. The summed E-state index contributed by atoms with van der Waals surface area (Å²) in [6, 6.07) is 0.683. The smallest absolute Gasteiger partial charge is 0.0594 e. The van der Waals surface area contributed by atoms with Crippen LogP contribution in [0.15, 0.2) is 0 Å². The Hall–Kier alpha value is -0.120. The number of hydrogen-bond acceptors (Lipinski definition) is 3. The van der Waals surface area contributed by atoms with Crippen LogP contribution in [0.3, 0.4) is 0 Å². The summed E-state index contributed by atoms with van der Waals surface area (Å²) in [5, 5.41) is 6.94. The van der Waals surface area contributed by atoms with Crippen LogP contribution in [0, 0.1) is 0 Å². The Balaban J connectivity index is 1.87. The lowest BCUT2D eigenvalue weighted by atomic mass is 10.1. The van der Waals surface area contributed by atoms with E-state index < -0.39 is 0 Å². The fourth-order valence-corrected chi connectivity index (χ4v) is 1.74. The van der Waals surface area contributed by atoms with Gasteiger partial charge in [-0.2, -0.15) is 0 Å². The Morgan fingerprint density at radius 3 is 2.93 bits per heavy atom. The van der Waals surface area contributed by atoms with Crippen molar-refractivity contribution in [3.63, 3.8) is 0 Å². The quantitative estimate of drug-likeness (QED) is 0.631. The topological polar surface area (TPSA) is 33.3 Å². The molecule has 0 aliphatic carbocycles. The second-order valence-corrected chi connectivity index (χ2v) is 4.27. The Kier molecular flexibility index (Phi) is 6.15. The van der Waals surface area contributed by atoms with Gasteiger partial charge in [0.1, 0.15) is 0 Å². The normalized spacial score (nSPS) is 22.9. The van der Waals surface area contributed by atoms with E-state index in [1.165, 1.54) is 25.8 Å². The molecule has 0 bridgehead atoms. The van der Waals surface area contributed by atoms with E-state index in [2.05, 4.69) is 24.5 Å². The van der Waals surface area contributed by atoms with Gasteiger partial charge in [-0.3, -0.25) is 0 Å². The Labute approximate surface area is 87.6 Å². The molecule has 1 atom stereocenters. The molecule has 14 heavy (non-hydrogen) atoms. The van der Waals surface area contributed by atoms with Gasteiger partial charge in [0.25, 0.3) is 0 Å². The van der Waals surface area contributed by atoms with Gasteiger partial charge in [-0.05, 0) is 33.2 Å². The van der Waals surface area contributed by atoms with Crippen LogP contribution in [0.25, 0.3) is 0 Å². The SMILES string of the molecule is CC(C)OCCNCC1CCCCN1. The highest BCUT2D eigenvalue weighted by molar-refractivity contribution is 4.73. The van der Waals surface area contributed by atoms with E-state index in [0.717, 1.165) is 19.7 Å². The molecule has 84 valence electrons. The van der Waals surface area contributed by atoms with E-state index in [9.17, 15) is 0 Å². The number of hydrogen-bond donors (Lipinski definition) is 2. The first-order chi connectivity index (χ1) is 6.79. The van der Waals surface area contributed by atoms with Crippen molar-refractivity contribution < 1.29 is 4.74 Å². The Morgan fingerprint density at radius 2 is 2.29 bits per heavy atom. The lowest BCUT2D eigenvalue weighted by Crippen LogP contribution is -2.42. The number of nitrogens with one attached hydrogen (secondary N) is 2. The van der Waals surface area contributed by atoms with Gasteiger partial charge in [-0.25, -0.2) is 0 Å². The maximum Gasteiger partial charge on any atom is 0.0594 e. The number of ether oxygens (including phenoxy) is 1. The van der Waals surface area contributed by atoms with Gasteiger partial charge in [-0.15, -0.1) is 0 Å². The maximum absolute atomic E-state index is 5.45. The minimum absolute atomic E-state index is 0.351. The third-order valence-electron chi connectivity index (χ3n) is 2.53. The highest BCUT2D eigenvalue weighted by Crippen LogP contribution is 2.05. The fraction of sp³-hybridized carbons (Fsp3) is 1.00. The van der Waals surface area contributed by atoms with Crippen LogP contribution in [0.4, 0.5) is 0 Å². The van der Waals surface area contributed by atoms with Crippen molar-refractivity contribution >= 4 is 0 Å². The second kappa shape index (κ2) is 7.21. The van der Waals surface area contributed by atoms with Crippen LogP contribution in [0.1, 0.15) is 33.1 Å². The summed E-state index contributed by atoms with van der Waals surface area (Å²) in [7, 11) is 0. The first-order valence-corrected chi connectivity index (χ1v) is 5.84. The van der Waals surface area contributed by atoms with E-state index in [4.69, 9.17) is 4.74 Å². The summed E-state index contributed by atoms with van der Waals surface area (Å²) < 4.78 is 5.45. The van der Waals surface area contributed by atoms with Crippen molar-refractivity contribution in [2.75, 3.05) is 26.2 Å². The molecule has 0 aromatic rings. The van der Waals surface area contributed by atoms with Crippen LogP contribution in [-0.4, -0.2) is 38.4 Å². The Morgan fingerprint density at radius 1 is 1.43 bits per heavy atom. The second-order valence-electron chi connectivity index (χ2n) is 4.27. The third kappa shape index (κ3) is 5.58. The molecule has 0 aromatic heterocycles.